The fraction of sp³-hybridized carbons (Fsp3) is 0.0417. The smallest absolute Gasteiger partial charge is 0.374 e. The van der Waals surface area contributed by atoms with Crippen molar-refractivity contribution < 1.29 is 28.3 Å². The lowest BCUT2D eigenvalue weighted by Crippen LogP contribution is -2.26. The van der Waals surface area contributed by atoms with Gasteiger partial charge in [0.05, 0.1) is 23.8 Å². The maximum atomic E-state index is 13.6. The molecule has 8 heteroatoms. The van der Waals surface area contributed by atoms with E-state index in [1.807, 2.05) is 0 Å². The number of Topliss-reactive ketones (excluding diaryl/α,β-unsaturated/α-hetero) is 1. The van der Waals surface area contributed by atoms with E-state index in [0.29, 0.717) is 5.56 Å². The summed E-state index contributed by atoms with van der Waals surface area (Å²) in [5.74, 6) is -3.89. The van der Waals surface area contributed by atoms with Gasteiger partial charge < -0.3 is 14.9 Å². The highest BCUT2D eigenvalue weighted by Crippen LogP contribution is 2.34. The first-order chi connectivity index (χ1) is 15.4. The molecule has 1 amide bonds. The number of hydrogen-bond donors (Lipinski definition) is 1. The second kappa shape index (κ2) is 8.27. The van der Waals surface area contributed by atoms with Gasteiger partial charge in [-0.25, -0.2) is 9.78 Å². The predicted octanol–water partition coefficient (Wildman–Crippen LogP) is 3.18. The normalized spacial score (nSPS) is 10.7. The zero-order chi connectivity index (χ0) is 22.8. The number of primary amides is 1. The first-order valence-corrected chi connectivity index (χ1v) is 9.47. The number of esters is 1. The maximum absolute atomic E-state index is 13.6. The number of pyridine rings is 1. The van der Waals surface area contributed by atoms with E-state index in [1.165, 1.54) is 13.2 Å². The van der Waals surface area contributed by atoms with Gasteiger partial charge >= 0.3 is 5.97 Å². The molecule has 0 unspecified atom stereocenters. The minimum Gasteiger partial charge on any atom is -0.463 e. The Morgan fingerprint density at radius 3 is 2.12 bits per heavy atom. The number of hydrogen-bond acceptors (Lipinski definition) is 7. The van der Waals surface area contributed by atoms with Crippen LogP contribution in [0.3, 0.4) is 0 Å². The van der Waals surface area contributed by atoms with Crippen molar-refractivity contribution in [2.75, 3.05) is 7.11 Å². The molecule has 0 saturated heterocycles. The van der Waals surface area contributed by atoms with E-state index in [0.717, 1.165) is 0 Å². The molecule has 158 valence electrons. The summed E-state index contributed by atoms with van der Waals surface area (Å²) in [6.45, 7) is 0. The topological polar surface area (TPSA) is 130 Å². The van der Waals surface area contributed by atoms with E-state index in [4.69, 9.17) is 14.9 Å². The van der Waals surface area contributed by atoms with Gasteiger partial charge in [-0.2, -0.15) is 0 Å². The number of nitrogens with zero attached hydrogens (tertiary/aromatic N) is 1. The van der Waals surface area contributed by atoms with Crippen LogP contribution in [0.25, 0.3) is 22.4 Å². The Morgan fingerprint density at radius 2 is 1.53 bits per heavy atom. The Morgan fingerprint density at radius 1 is 0.906 bits per heavy atom. The van der Waals surface area contributed by atoms with Gasteiger partial charge in [0, 0.05) is 22.8 Å². The third-order valence-corrected chi connectivity index (χ3v) is 4.83. The molecule has 8 nitrogen and oxygen atoms in total. The summed E-state index contributed by atoms with van der Waals surface area (Å²) in [7, 11) is 1.18. The van der Waals surface area contributed by atoms with Crippen LogP contribution in [0.2, 0.25) is 0 Å². The first-order valence-electron chi connectivity index (χ1n) is 9.47. The average molecular weight is 428 g/mol. The number of furan rings is 1. The van der Waals surface area contributed by atoms with Crippen LogP contribution in [-0.4, -0.2) is 35.5 Å². The van der Waals surface area contributed by atoms with Crippen molar-refractivity contribution in [3.63, 3.8) is 0 Å². The predicted molar refractivity (Wildman–Crippen MR) is 114 cm³/mol. The summed E-state index contributed by atoms with van der Waals surface area (Å²) in [6, 6.07) is 17.9. The lowest BCUT2D eigenvalue weighted by Gasteiger charge is -2.13. The van der Waals surface area contributed by atoms with Crippen LogP contribution in [0.4, 0.5) is 0 Å². The minimum absolute atomic E-state index is 0.0342. The molecule has 4 aromatic rings. The Hall–Kier alpha value is -4.59. The number of rotatable bonds is 6. The van der Waals surface area contributed by atoms with Crippen molar-refractivity contribution in [3.8, 4) is 11.3 Å². The van der Waals surface area contributed by atoms with Gasteiger partial charge in [-0.15, -0.1) is 0 Å². The van der Waals surface area contributed by atoms with Gasteiger partial charge in [-0.05, 0) is 0 Å². The molecule has 2 heterocycles. The van der Waals surface area contributed by atoms with Gasteiger partial charge in [0.1, 0.15) is 0 Å². The van der Waals surface area contributed by atoms with Crippen molar-refractivity contribution in [3.05, 3.63) is 89.2 Å². The van der Waals surface area contributed by atoms with Crippen LogP contribution in [0.1, 0.15) is 36.8 Å². The summed E-state index contributed by atoms with van der Waals surface area (Å²) < 4.78 is 10.2. The summed E-state index contributed by atoms with van der Waals surface area (Å²) in [5.41, 5.74) is 5.61. The number of carbonyl (C=O) groups is 4. The summed E-state index contributed by atoms with van der Waals surface area (Å²) >= 11 is 0. The molecule has 0 atom stereocenters. The molecule has 0 saturated carbocycles. The van der Waals surface area contributed by atoms with Crippen LogP contribution in [-0.2, 0) is 9.53 Å². The van der Waals surface area contributed by atoms with Crippen LogP contribution < -0.4 is 5.73 Å². The van der Waals surface area contributed by atoms with E-state index in [1.54, 1.807) is 60.7 Å². The van der Waals surface area contributed by atoms with Crippen LogP contribution in [0.15, 0.2) is 71.1 Å². The van der Waals surface area contributed by atoms with Crippen molar-refractivity contribution in [1.82, 2.24) is 4.98 Å². The quantitative estimate of drug-likeness (QED) is 0.284. The Labute approximate surface area is 181 Å². The Bertz CT molecular complexity index is 1370. The highest BCUT2D eigenvalue weighted by Gasteiger charge is 2.31. The minimum atomic E-state index is -1.25. The van der Waals surface area contributed by atoms with Crippen LogP contribution in [0.5, 0.6) is 0 Å². The molecule has 0 aliphatic rings. The zero-order valence-corrected chi connectivity index (χ0v) is 16.8. The number of carbonyl (C=O) groups excluding carboxylic acids is 4. The first kappa shape index (κ1) is 20.7. The molecule has 4 rings (SSSR count). The summed E-state index contributed by atoms with van der Waals surface area (Å²) in [5, 5.41) is 0.0866. The molecule has 0 radical (unpaired) electrons. The van der Waals surface area contributed by atoms with Crippen LogP contribution in [0, 0.1) is 0 Å². The maximum Gasteiger partial charge on any atom is 0.374 e. The molecular formula is C24H16N2O6. The number of ether oxygens (including phenoxy) is 1. The number of ketones is 2. The van der Waals surface area contributed by atoms with Gasteiger partial charge in [0.25, 0.3) is 11.7 Å². The van der Waals surface area contributed by atoms with Gasteiger partial charge in [-0.3, -0.25) is 14.4 Å². The van der Waals surface area contributed by atoms with E-state index < -0.39 is 23.4 Å². The lowest BCUT2D eigenvalue weighted by molar-refractivity contribution is -0.114. The fourth-order valence-electron chi connectivity index (χ4n) is 3.37. The molecule has 0 aliphatic carbocycles. The number of nitrogens with two attached hydrogens (primary N) is 1. The van der Waals surface area contributed by atoms with Gasteiger partial charge in [-0.1, -0.05) is 60.7 Å². The Balaban J connectivity index is 2.14. The highest BCUT2D eigenvalue weighted by molar-refractivity contribution is 6.46. The standard InChI is InChI=1S/C24H16N2O6/c1-31-24(30)16-12-15-17(20(27)14-10-6-3-7-11-14)18(21(28)22(25)29)19(26-23(15)32-16)13-8-4-2-5-9-13/h2-12H,1H3,(H2,25,29). The summed E-state index contributed by atoms with van der Waals surface area (Å²) in [4.78, 5) is 54.8. The second-order valence-electron chi connectivity index (χ2n) is 6.79. The van der Waals surface area contributed by atoms with Crippen molar-refractivity contribution >= 4 is 34.5 Å². The number of aromatic nitrogens is 1. The van der Waals surface area contributed by atoms with Crippen molar-refractivity contribution in [2.45, 2.75) is 0 Å². The molecular weight excluding hydrogens is 412 g/mol. The number of benzene rings is 2. The molecule has 0 aliphatic heterocycles. The molecule has 32 heavy (non-hydrogen) atoms. The number of methoxy groups -OCH3 is 1. The van der Waals surface area contributed by atoms with Gasteiger partial charge in [0.15, 0.2) is 5.78 Å². The Kier molecular flexibility index (Phi) is 5.34. The van der Waals surface area contributed by atoms with Crippen LogP contribution >= 0.6 is 0 Å². The lowest BCUT2D eigenvalue weighted by atomic mass is 9.90. The fourth-order valence-corrected chi connectivity index (χ4v) is 3.37. The van der Waals surface area contributed by atoms with Crippen molar-refractivity contribution in [1.29, 1.82) is 0 Å². The summed E-state index contributed by atoms with van der Waals surface area (Å²) in [6.07, 6.45) is 0. The molecule has 0 spiro atoms. The van der Waals surface area contributed by atoms with E-state index in [9.17, 15) is 19.2 Å². The zero-order valence-electron chi connectivity index (χ0n) is 16.8. The third-order valence-electron chi connectivity index (χ3n) is 4.83. The van der Waals surface area contributed by atoms with E-state index >= 15 is 0 Å². The SMILES string of the molecule is COC(=O)c1cc2c(C(=O)c3ccccc3)c(C(=O)C(N)=O)c(-c3ccccc3)nc2o1. The number of amides is 1. The van der Waals surface area contributed by atoms with E-state index in [-0.39, 0.29) is 39.2 Å². The number of fused-ring (bicyclic) bond motifs is 1. The third kappa shape index (κ3) is 3.54. The second-order valence-corrected chi connectivity index (χ2v) is 6.79. The molecule has 2 N–H and O–H groups in total. The van der Waals surface area contributed by atoms with E-state index in [2.05, 4.69) is 4.98 Å². The molecule has 0 bridgehead atoms. The highest BCUT2D eigenvalue weighted by atomic mass is 16.5. The molecule has 0 fully saturated rings. The molecule has 2 aromatic heterocycles. The average Bonchev–Trinajstić information content (AvgIpc) is 3.26. The molecule has 2 aromatic carbocycles. The van der Waals surface area contributed by atoms with Gasteiger partial charge in [0.2, 0.25) is 11.5 Å². The van der Waals surface area contributed by atoms with Crippen molar-refractivity contribution in [2.24, 2.45) is 5.73 Å². The monoisotopic (exact) mass is 428 g/mol. The largest absolute Gasteiger partial charge is 0.463 e.